The minimum atomic E-state index is -1.95. The van der Waals surface area contributed by atoms with Crippen molar-refractivity contribution in [2.24, 2.45) is 11.7 Å². The summed E-state index contributed by atoms with van der Waals surface area (Å²) in [6.45, 7) is 9.85. The van der Waals surface area contributed by atoms with Crippen LogP contribution in [-0.2, 0) is 99.2 Å². The molecule has 41 heteroatoms. The Bertz CT molecular complexity index is 5180. The van der Waals surface area contributed by atoms with Crippen LogP contribution in [0.4, 0.5) is 25.8 Å². The predicted molar refractivity (Wildman–Crippen MR) is 505 cm³/mol. The summed E-state index contributed by atoms with van der Waals surface area (Å²) in [6, 6.07) is 17.3. The Morgan fingerprint density at radius 3 is 1.66 bits per heavy atom. The van der Waals surface area contributed by atoms with Crippen molar-refractivity contribution >= 4 is 146 Å². The number of unbranched alkanes of at least 4 members (excludes halogenated alkanes) is 2. The first-order chi connectivity index (χ1) is 64.6. The molecule has 1 aromatic heterocycles. The summed E-state index contributed by atoms with van der Waals surface area (Å²) >= 11 is 8.09. The lowest BCUT2D eigenvalue weighted by molar-refractivity contribution is -0.142. The van der Waals surface area contributed by atoms with Gasteiger partial charge in [-0.3, -0.25) is 77.4 Å². The maximum atomic E-state index is 15.7. The molecule has 0 saturated carbocycles. The summed E-state index contributed by atoms with van der Waals surface area (Å²) in [7, 11) is 0. The number of aromatic nitrogens is 1. The van der Waals surface area contributed by atoms with Crippen LogP contribution >= 0.6 is 23.4 Å². The van der Waals surface area contributed by atoms with E-state index >= 15 is 28.8 Å². The lowest BCUT2D eigenvalue weighted by Gasteiger charge is -2.31. The summed E-state index contributed by atoms with van der Waals surface area (Å²) in [6.07, 6.45) is 5.32. The first-order valence-electron chi connectivity index (χ1n) is 45.5. The monoisotopic (exact) mass is 1900 g/mol. The molecule has 5 aromatic carbocycles. The van der Waals surface area contributed by atoms with Gasteiger partial charge in [0, 0.05) is 111 Å². The molecular formula is C94H122ClN21O18S. The van der Waals surface area contributed by atoms with E-state index in [1.165, 1.54) is 67.5 Å². The molecule has 39 nitrogen and oxygen atoms in total. The van der Waals surface area contributed by atoms with Crippen LogP contribution in [0.5, 0.6) is 0 Å². The molecule has 1 unspecified atom stereocenters. The highest BCUT2D eigenvalue weighted by Gasteiger charge is 2.44. The number of fused-ring (bicyclic) bond motifs is 2. The average molecular weight is 1900 g/mol. The Morgan fingerprint density at radius 2 is 1.08 bits per heavy atom. The molecule has 20 amide bonds. The molecule has 724 valence electrons. The number of likely N-dealkylation sites (tertiary alicyclic amines) is 1. The van der Waals surface area contributed by atoms with Crippen molar-refractivity contribution < 1.29 is 86.6 Å². The third kappa shape index (κ3) is 32.8. The molecule has 10 rings (SSSR count). The number of thioether (sulfide) groups is 1. The maximum Gasteiger partial charge on any atom is 0.322 e. The van der Waals surface area contributed by atoms with Crippen LogP contribution in [-0.4, -0.2) is 244 Å². The van der Waals surface area contributed by atoms with Crippen molar-refractivity contribution in [3.63, 3.8) is 0 Å². The van der Waals surface area contributed by atoms with Gasteiger partial charge in [-0.05, 0) is 152 Å². The molecule has 4 aliphatic rings. The summed E-state index contributed by atoms with van der Waals surface area (Å²) in [5.74, 6) is -10.6. The standard InChI is InChI=1S/C94H122ClN21O18S/c1-52(2)41-67(83(123)105-66(18-11-12-37-98-53(3)4)91(131)116-40-14-19-76(116)90(130)101-54(5)81(96)121)106-85(125)70(44-58-27-34-65(35-28-58)104-92(132)100-39-38-99-78(119)21-10-9-20-77-80-75(51-135-77)113-94(134)115-80)108-87(127)71(45-57-25-32-64(33-26-57)103-82(122)73-48-79(120)114-93(133)112-73)110-89(129)74(50-117)111-88(128)72(47-60-15-13-36-97-49-60)109-86(126)69(43-56-23-30-63(95)31-24-56)107-84(124)68(102-55(6)118)46-59-22-29-61-16-7-8-17-62(61)42-59/h7-8,13,15-17,22-36,42,49,52-54,66-77,80,98,117H,9-12,14,18-21,37-41,43-48,50-51H2,1-6H3,(H2,96,121)(H,99,119)(H,101,130)(H,102,118)(H,103,122)(H,105,123)(H,106,125)(H,107,124)(H,108,127)(H,109,126)(H,110,129)(H,111,128)(H2,100,104,132)(H2,113,115,134)(H2,112,114,120,133)/t54-,66+,67+,68-,69-,70-,71+,72-,73?,74+,75-,76+,77-,80-/m1/s1. The summed E-state index contributed by atoms with van der Waals surface area (Å²) in [5.41, 5.74) is 8.11. The fourth-order valence-corrected chi connectivity index (χ4v) is 17.8. The van der Waals surface area contributed by atoms with E-state index in [2.05, 4.69) is 101 Å². The van der Waals surface area contributed by atoms with Gasteiger partial charge in [0.1, 0.15) is 66.5 Å². The number of rotatable bonds is 49. The highest BCUT2D eigenvalue weighted by molar-refractivity contribution is 8.00. The first kappa shape index (κ1) is 104. The maximum absolute atomic E-state index is 15.7. The number of nitrogens with two attached hydrogens (primary N) is 1. The van der Waals surface area contributed by atoms with E-state index in [9.17, 15) is 57.8 Å². The van der Waals surface area contributed by atoms with E-state index in [4.69, 9.17) is 17.3 Å². The van der Waals surface area contributed by atoms with E-state index in [1.54, 1.807) is 74.1 Å². The smallest absolute Gasteiger partial charge is 0.322 e. The highest BCUT2D eigenvalue weighted by Crippen LogP contribution is 2.34. The number of anilines is 2. The van der Waals surface area contributed by atoms with Gasteiger partial charge in [0.25, 0.3) is 0 Å². The minimum absolute atomic E-state index is 0.00638. The molecule has 5 heterocycles. The van der Waals surface area contributed by atoms with Crippen LogP contribution in [0.25, 0.3) is 10.8 Å². The largest absolute Gasteiger partial charge is 0.394 e. The molecule has 0 aliphatic carbocycles. The zero-order valence-electron chi connectivity index (χ0n) is 76.2. The van der Waals surface area contributed by atoms with Gasteiger partial charge in [0.05, 0.1) is 25.1 Å². The Morgan fingerprint density at radius 1 is 0.541 bits per heavy atom. The van der Waals surface area contributed by atoms with Crippen molar-refractivity contribution in [3.8, 4) is 0 Å². The number of aliphatic hydroxyl groups excluding tert-OH is 1. The van der Waals surface area contributed by atoms with Gasteiger partial charge >= 0.3 is 18.1 Å². The van der Waals surface area contributed by atoms with Gasteiger partial charge in [0.15, 0.2) is 0 Å². The summed E-state index contributed by atoms with van der Waals surface area (Å²) < 4.78 is 0. The average Bonchev–Trinajstić information content (AvgIpc) is 1.67. The van der Waals surface area contributed by atoms with E-state index in [-0.39, 0.29) is 136 Å². The van der Waals surface area contributed by atoms with E-state index in [0.717, 1.165) is 29.4 Å². The Labute approximate surface area is 791 Å². The van der Waals surface area contributed by atoms with Crippen LogP contribution in [0, 0.1) is 5.92 Å². The molecule has 4 aliphatic heterocycles. The number of carbonyl (C=O) groups excluding carboxylic acids is 17. The van der Waals surface area contributed by atoms with E-state index in [1.807, 2.05) is 56.3 Å². The number of amides is 20. The zero-order chi connectivity index (χ0) is 97.4. The second-order valence-electron chi connectivity index (χ2n) is 34.9. The van der Waals surface area contributed by atoms with Crippen LogP contribution in [0.2, 0.25) is 5.02 Å². The molecule has 6 aromatic rings. The normalized spacial score (nSPS) is 18.0. The lowest BCUT2D eigenvalue weighted by Crippen LogP contribution is -2.62. The van der Waals surface area contributed by atoms with E-state index in [0.29, 0.717) is 59.5 Å². The van der Waals surface area contributed by atoms with Crippen molar-refractivity contribution in [3.05, 3.63) is 173 Å². The van der Waals surface area contributed by atoms with Gasteiger partial charge in [-0.1, -0.05) is 131 Å². The number of urea groups is 3. The molecule has 21 N–H and O–H groups in total. The lowest BCUT2D eigenvalue weighted by atomic mass is 9.99. The van der Waals surface area contributed by atoms with Crippen LogP contribution in [0.3, 0.4) is 0 Å². The molecule has 14 atom stereocenters. The summed E-state index contributed by atoms with van der Waals surface area (Å²) in [4.78, 5) is 241. The Kier molecular flexibility index (Phi) is 39.4. The molecule has 4 saturated heterocycles. The number of hydrogen-bond acceptors (Lipinski definition) is 21. The highest BCUT2D eigenvalue weighted by atomic mass is 35.5. The number of carbonyl (C=O) groups is 17. The van der Waals surface area contributed by atoms with Crippen molar-refractivity contribution in [2.45, 2.75) is 234 Å². The molecule has 0 bridgehead atoms. The van der Waals surface area contributed by atoms with Gasteiger partial charge in [-0.2, -0.15) is 11.8 Å². The van der Waals surface area contributed by atoms with Crippen molar-refractivity contribution in [1.82, 2.24) is 95.0 Å². The fraction of sp³-hybridized carbons (Fsp3) is 0.468. The fourth-order valence-electron chi connectivity index (χ4n) is 16.1. The second-order valence-corrected chi connectivity index (χ2v) is 36.6. The third-order valence-electron chi connectivity index (χ3n) is 23.3. The zero-order valence-corrected chi connectivity index (χ0v) is 77.8. The van der Waals surface area contributed by atoms with Crippen molar-refractivity contribution in [1.29, 1.82) is 0 Å². The molecular weight excluding hydrogens is 1780 g/mol. The quantitative estimate of drug-likeness (QED) is 0.0192. The second kappa shape index (κ2) is 51.2. The van der Waals surface area contributed by atoms with Crippen LogP contribution in [0.1, 0.15) is 140 Å². The molecule has 0 spiro atoms. The Hall–Kier alpha value is -13.3. The predicted octanol–water partition coefficient (Wildman–Crippen LogP) is 1.99. The topological polar surface area (TPSA) is 569 Å². The van der Waals surface area contributed by atoms with Gasteiger partial charge in [0.2, 0.25) is 82.7 Å². The number of aliphatic hydroxyl groups is 1. The number of imide groups is 1. The number of hydrogen-bond donors (Lipinski definition) is 20. The Balaban J connectivity index is 0.918. The molecule has 135 heavy (non-hydrogen) atoms. The number of nitrogens with one attached hydrogen (secondary N) is 18. The summed E-state index contributed by atoms with van der Waals surface area (Å²) in [5, 5.41) is 62.6. The minimum Gasteiger partial charge on any atom is -0.394 e. The SMILES string of the molecule is CC(=O)N[C@H](Cc1ccc2ccccc2c1)C(=O)N[C@H](Cc1ccc(Cl)cc1)C(=O)N[C@H](Cc1cccnc1)C(=O)N[C@@H](CO)C(=O)N[C@@H](Cc1ccc(NC(=O)C2CC(=O)NC(=O)N2)cc1)C(=O)N[C@H](Cc1ccc(NC(=O)NCCNC(=O)CCCC[C@H]2SC[C@H]3NC(=O)N[C@H]32)cc1)C(=O)N[C@@H](CC(C)C)C(=O)N[C@@H](CCCCNC(C)C)C(=O)N1CCC[C@H]1C(=O)N[C@H](C)C(N)=O. The third-order valence-corrected chi connectivity index (χ3v) is 25.0. The van der Waals surface area contributed by atoms with Crippen LogP contribution in [0.15, 0.2) is 140 Å². The first-order valence-corrected chi connectivity index (χ1v) is 46.9. The number of nitrogens with zero attached hydrogens (tertiary/aromatic N) is 2. The van der Waals surface area contributed by atoms with Gasteiger partial charge < -0.3 is 106 Å². The van der Waals surface area contributed by atoms with Crippen LogP contribution < -0.4 is 101 Å². The number of primary amides is 1. The van der Waals surface area contributed by atoms with E-state index < -0.39 is 168 Å². The van der Waals surface area contributed by atoms with Gasteiger partial charge in [-0.25, -0.2) is 14.4 Å². The number of pyridine rings is 1. The molecule has 4 fully saturated rings. The number of benzene rings is 5. The van der Waals surface area contributed by atoms with Crippen molar-refractivity contribution in [2.75, 3.05) is 49.2 Å². The number of halogens is 1. The molecule has 0 radical (unpaired) electrons. The van der Waals surface area contributed by atoms with Gasteiger partial charge in [-0.15, -0.1) is 0 Å².